The third kappa shape index (κ3) is 10.4. The monoisotopic (exact) mass is 231 g/mol. The van der Waals surface area contributed by atoms with Gasteiger partial charge in [-0.05, 0) is 46.6 Å². The van der Waals surface area contributed by atoms with E-state index < -0.39 is 0 Å². The number of hydrogen-bond donors (Lipinski definition) is 1. The van der Waals surface area contributed by atoms with Gasteiger partial charge < -0.3 is 14.8 Å². The van der Waals surface area contributed by atoms with E-state index in [0.717, 1.165) is 39.0 Å². The lowest BCUT2D eigenvalue weighted by Crippen LogP contribution is -2.37. The second kappa shape index (κ2) is 8.97. The fourth-order valence-corrected chi connectivity index (χ4v) is 1.42. The van der Waals surface area contributed by atoms with Gasteiger partial charge in [-0.15, -0.1) is 0 Å². The van der Waals surface area contributed by atoms with Crippen molar-refractivity contribution < 1.29 is 9.47 Å². The van der Waals surface area contributed by atoms with Crippen LogP contribution in [0.25, 0.3) is 0 Å². The van der Waals surface area contributed by atoms with Crippen LogP contribution in [-0.2, 0) is 9.47 Å². The van der Waals surface area contributed by atoms with Crippen LogP contribution in [0.1, 0.15) is 47.0 Å². The Labute approximate surface area is 101 Å². The molecular weight excluding hydrogens is 202 g/mol. The van der Waals surface area contributed by atoms with Crippen molar-refractivity contribution >= 4 is 0 Å². The summed E-state index contributed by atoms with van der Waals surface area (Å²) in [7, 11) is 1.75. The quantitative estimate of drug-likeness (QED) is 0.619. The Morgan fingerprint density at radius 1 is 1.25 bits per heavy atom. The summed E-state index contributed by atoms with van der Waals surface area (Å²) in [5, 5.41) is 3.52. The fourth-order valence-electron chi connectivity index (χ4n) is 1.42. The highest BCUT2D eigenvalue weighted by atomic mass is 16.5. The highest BCUT2D eigenvalue weighted by Crippen LogP contribution is 2.09. The van der Waals surface area contributed by atoms with Gasteiger partial charge in [0.15, 0.2) is 0 Å². The summed E-state index contributed by atoms with van der Waals surface area (Å²) in [5.41, 5.74) is -0.0482. The normalized spacial score (nSPS) is 14.1. The van der Waals surface area contributed by atoms with Crippen LogP contribution >= 0.6 is 0 Å². The van der Waals surface area contributed by atoms with E-state index in [4.69, 9.17) is 9.47 Å². The fraction of sp³-hybridized carbons (Fsp3) is 1.00. The average Bonchev–Trinajstić information content (AvgIpc) is 2.20. The molecule has 0 saturated carbocycles. The Morgan fingerprint density at radius 2 is 1.94 bits per heavy atom. The van der Waals surface area contributed by atoms with E-state index in [1.807, 2.05) is 0 Å². The second-order valence-corrected chi connectivity index (χ2v) is 5.21. The summed E-state index contributed by atoms with van der Waals surface area (Å²) >= 11 is 0. The molecule has 3 nitrogen and oxygen atoms in total. The van der Waals surface area contributed by atoms with Crippen LogP contribution < -0.4 is 5.32 Å². The van der Waals surface area contributed by atoms with Crippen LogP contribution in [0.15, 0.2) is 0 Å². The van der Waals surface area contributed by atoms with E-state index in [0.29, 0.717) is 6.04 Å². The summed E-state index contributed by atoms with van der Waals surface area (Å²) in [4.78, 5) is 0. The van der Waals surface area contributed by atoms with Crippen molar-refractivity contribution in [2.45, 2.75) is 58.6 Å². The van der Waals surface area contributed by atoms with Crippen LogP contribution in [0.4, 0.5) is 0 Å². The molecule has 98 valence electrons. The van der Waals surface area contributed by atoms with E-state index >= 15 is 0 Å². The number of nitrogens with one attached hydrogen (secondary N) is 1. The van der Waals surface area contributed by atoms with E-state index in [1.165, 1.54) is 0 Å². The van der Waals surface area contributed by atoms with Crippen LogP contribution in [0.3, 0.4) is 0 Å². The van der Waals surface area contributed by atoms with Crippen molar-refractivity contribution in [2.24, 2.45) is 0 Å². The standard InChI is InChI=1S/C13H29NO2/c1-6-9-14-12(8-7-10-15-5)11-16-13(2,3)4/h12,14H,6-11H2,1-5H3. The number of methoxy groups -OCH3 is 1. The molecule has 0 aliphatic rings. The molecule has 0 fully saturated rings. The van der Waals surface area contributed by atoms with Crippen LogP contribution in [0.5, 0.6) is 0 Å². The minimum Gasteiger partial charge on any atom is -0.385 e. The Bertz CT molecular complexity index is 155. The van der Waals surface area contributed by atoms with Gasteiger partial charge in [0.2, 0.25) is 0 Å². The minimum absolute atomic E-state index is 0.0482. The minimum atomic E-state index is -0.0482. The molecule has 0 aromatic carbocycles. The maximum absolute atomic E-state index is 5.82. The molecule has 1 unspecified atom stereocenters. The molecule has 0 saturated heterocycles. The van der Waals surface area contributed by atoms with Gasteiger partial charge in [0.1, 0.15) is 0 Å². The molecule has 0 aliphatic heterocycles. The first kappa shape index (κ1) is 15.9. The Morgan fingerprint density at radius 3 is 2.44 bits per heavy atom. The van der Waals surface area contributed by atoms with Crippen molar-refractivity contribution in [3.63, 3.8) is 0 Å². The predicted octanol–water partition coefficient (Wildman–Crippen LogP) is 2.60. The van der Waals surface area contributed by atoms with Crippen molar-refractivity contribution in [1.29, 1.82) is 0 Å². The Hall–Kier alpha value is -0.120. The van der Waals surface area contributed by atoms with Gasteiger partial charge >= 0.3 is 0 Å². The zero-order valence-corrected chi connectivity index (χ0v) is 11.6. The predicted molar refractivity (Wildman–Crippen MR) is 68.9 cm³/mol. The molecule has 1 N–H and O–H groups in total. The first-order chi connectivity index (χ1) is 7.49. The molecule has 0 aliphatic carbocycles. The smallest absolute Gasteiger partial charge is 0.0626 e. The largest absolute Gasteiger partial charge is 0.385 e. The summed E-state index contributed by atoms with van der Waals surface area (Å²) in [6.07, 6.45) is 3.37. The van der Waals surface area contributed by atoms with E-state index in [1.54, 1.807) is 7.11 Å². The van der Waals surface area contributed by atoms with E-state index in [9.17, 15) is 0 Å². The van der Waals surface area contributed by atoms with Crippen LogP contribution in [-0.4, -0.2) is 38.5 Å². The Balaban J connectivity index is 3.80. The molecule has 0 amide bonds. The summed E-state index contributed by atoms with van der Waals surface area (Å²) in [6, 6.07) is 0.453. The van der Waals surface area contributed by atoms with Gasteiger partial charge in [0.05, 0.1) is 12.2 Å². The third-order valence-corrected chi connectivity index (χ3v) is 2.30. The zero-order chi connectivity index (χ0) is 12.4. The van der Waals surface area contributed by atoms with Gasteiger partial charge in [-0.2, -0.15) is 0 Å². The molecule has 0 rings (SSSR count). The number of rotatable bonds is 9. The average molecular weight is 231 g/mol. The molecule has 3 heteroatoms. The van der Waals surface area contributed by atoms with E-state index in [2.05, 4.69) is 33.0 Å². The van der Waals surface area contributed by atoms with Crippen LogP contribution in [0.2, 0.25) is 0 Å². The maximum atomic E-state index is 5.82. The lowest BCUT2D eigenvalue weighted by atomic mass is 10.1. The third-order valence-electron chi connectivity index (χ3n) is 2.30. The molecule has 0 bridgehead atoms. The summed E-state index contributed by atoms with van der Waals surface area (Å²) < 4.78 is 10.9. The lowest BCUT2D eigenvalue weighted by Gasteiger charge is -2.25. The number of hydrogen-bond acceptors (Lipinski definition) is 3. The Kier molecular flexibility index (Phi) is 8.90. The maximum Gasteiger partial charge on any atom is 0.0626 e. The van der Waals surface area contributed by atoms with Crippen molar-refractivity contribution in [2.75, 3.05) is 26.9 Å². The SMILES string of the molecule is CCCNC(CCCOC)COC(C)(C)C. The molecular formula is C13H29NO2. The molecule has 0 heterocycles. The van der Waals surface area contributed by atoms with Crippen molar-refractivity contribution in [1.82, 2.24) is 5.32 Å². The highest BCUT2D eigenvalue weighted by Gasteiger charge is 2.14. The molecule has 0 aromatic rings. The first-order valence-electron chi connectivity index (χ1n) is 6.36. The highest BCUT2D eigenvalue weighted by molar-refractivity contribution is 4.69. The van der Waals surface area contributed by atoms with Crippen molar-refractivity contribution in [3.05, 3.63) is 0 Å². The molecule has 0 spiro atoms. The summed E-state index contributed by atoms with van der Waals surface area (Å²) in [6.45, 7) is 11.2. The topological polar surface area (TPSA) is 30.5 Å². The van der Waals surface area contributed by atoms with E-state index in [-0.39, 0.29) is 5.60 Å². The van der Waals surface area contributed by atoms with Gasteiger partial charge in [-0.3, -0.25) is 0 Å². The van der Waals surface area contributed by atoms with Gasteiger partial charge in [-0.25, -0.2) is 0 Å². The molecule has 0 aromatic heterocycles. The zero-order valence-electron chi connectivity index (χ0n) is 11.6. The van der Waals surface area contributed by atoms with Crippen molar-refractivity contribution in [3.8, 4) is 0 Å². The summed E-state index contributed by atoms with van der Waals surface area (Å²) in [5.74, 6) is 0. The molecule has 0 radical (unpaired) electrons. The lowest BCUT2D eigenvalue weighted by molar-refractivity contribution is -0.0161. The number of ether oxygens (including phenoxy) is 2. The van der Waals surface area contributed by atoms with Crippen LogP contribution in [0, 0.1) is 0 Å². The van der Waals surface area contributed by atoms with Gasteiger partial charge in [-0.1, -0.05) is 6.92 Å². The molecule has 1 atom stereocenters. The van der Waals surface area contributed by atoms with Gasteiger partial charge in [0, 0.05) is 19.8 Å². The molecule has 16 heavy (non-hydrogen) atoms. The van der Waals surface area contributed by atoms with Gasteiger partial charge in [0.25, 0.3) is 0 Å². The first-order valence-corrected chi connectivity index (χ1v) is 6.36. The second-order valence-electron chi connectivity index (χ2n) is 5.21.